The van der Waals surface area contributed by atoms with Crippen molar-refractivity contribution in [3.63, 3.8) is 0 Å². The number of nitrogens with two attached hydrogens (primary N) is 1. The third kappa shape index (κ3) is 7.69. The largest absolute Gasteiger partial charge is 0.354 e. The number of halogens is 3. The number of carbonyl (C=O) groups is 1. The van der Waals surface area contributed by atoms with Crippen LogP contribution in [0, 0.1) is 0 Å². The number of hydrogen-bond donors (Lipinski definition) is 3. The predicted molar refractivity (Wildman–Crippen MR) is 94.8 cm³/mol. The summed E-state index contributed by atoms with van der Waals surface area (Å²) >= 11 is 11.7. The van der Waals surface area contributed by atoms with Gasteiger partial charge in [-0.25, -0.2) is 13.1 Å². The molecule has 0 aromatic heterocycles. The van der Waals surface area contributed by atoms with E-state index < -0.39 is 15.6 Å². The van der Waals surface area contributed by atoms with Gasteiger partial charge in [0.1, 0.15) is 4.90 Å². The van der Waals surface area contributed by atoms with E-state index in [0.717, 1.165) is 0 Å². The second-order valence-electron chi connectivity index (χ2n) is 5.46. The maximum Gasteiger partial charge on any atom is 0.243 e. The van der Waals surface area contributed by atoms with Crippen LogP contribution in [-0.2, 0) is 14.8 Å². The highest BCUT2D eigenvalue weighted by Crippen LogP contribution is 2.28. The Morgan fingerprint density at radius 1 is 1.26 bits per heavy atom. The zero-order chi connectivity index (χ0) is 17.0. The van der Waals surface area contributed by atoms with Gasteiger partial charge in [-0.15, -0.1) is 12.4 Å². The van der Waals surface area contributed by atoms with Crippen molar-refractivity contribution in [3.05, 3.63) is 28.2 Å². The fourth-order valence-electron chi connectivity index (χ4n) is 1.53. The molecule has 4 N–H and O–H groups in total. The monoisotopic (exact) mass is 403 g/mol. The summed E-state index contributed by atoms with van der Waals surface area (Å²) < 4.78 is 26.6. The van der Waals surface area contributed by atoms with Gasteiger partial charge in [0.25, 0.3) is 0 Å². The van der Waals surface area contributed by atoms with Crippen LogP contribution in [0.5, 0.6) is 0 Å². The molecule has 0 aliphatic heterocycles. The molecule has 0 unspecified atom stereocenters. The molecule has 6 nitrogen and oxygen atoms in total. The number of carbonyl (C=O) groups excluding carboxylic acids is 1. The van der Waals surface area contributed by atoms with E-state index in [9.17, 15) is 13.2 Å². The summed E-state index contributed by atoms with van der Waals surface area (Å²) in [4.78, 5) is 11.4. The van der Waals surface area contributed by atoms with E-state index in [2.05, 4.69) is 10.0 Å². The van der Waals surface area contributed by atoms with Crippen LogP contribution in [0.2, 0.25) is 10.0 Å². The minimum Gasteiger partial charge on any atom is -0.354 e. The third-order valence-corrected chi connectivity index (χ3v) is 4.99. The van der Waals surface area contributed by atoms with Crippen molar-refractivity contribution in [2.24, 2.45) is 5.73 Å². The minimum atomic E-state index is -3.88. The maximum atomic E-state index is 12.1. The summed E-state index contributed by atoms with van der Waals surface area (Å²) in [5.41, 5.74) is 5.21. The van der Waals surface area contributed by atoms with Crippen molar-refractivity contribution in [1.82, 2.24) is 10.0 Å². The molecule has 0 radical (unpaired) electrons. The van der Waals surface area contributed by atoms with Gasteiger partial charge in [0.2, 0.25) is 15.9 Å². The molecule has 1 amide bonds. The summed E-state index contributed by atoms with van der Waals surface area (Å²) in [5, 5.41) is 2.67. The van der Waals surface area contributed by atoms with Gasteiger partial charge in [0.15, 0.2) is 0 Å². The molecule has 0 saturated carbocycles. The predicted octanol–water partition coefficient (Wildman–Crippen LogP) is 1.94. The van der Waals surface area contributed by atoms with E-state index in [4.69, 9.17) is 28.9 Å². The van der Waals surface area contributed by atoms with Crippen molar-refractivity contribution >= 4 is 51.5 Å². The van der Waals surface area contributed by atoms with Gasteiger partial charge < -0.3 is 11.1 Å². The zero-order valence-corrected chi connectivity index (χ0v) is 15.9. The van der Waals surface area contributed by atoms with E-state index >= 15 is 0 Å². The molecular formula is C13H20Cl3N3O3S. The van der Waals surface area contributed by atoms with Crippen LogP contribution in [0.1, 0.15) is 20.3 Å². The van der Waals surface area contributed by atoms with Gasteiger partial charge in [-0.2, -0.15) is 0 Å². The summed E-state index contributed by atoms with van der Waals surface area (Å²) in [6.07, 6.45) is -0.0165. The SMILES string of the molecule is CC(C)(N)CNC(=O)CCNS(=O)(=O)c1c(Cl)cccc1Cl.Cl. The maximum absolute atomic E-state index is 12.1. The number of sulfonamides is 1. The van der Waals surface area contributed by atoms with Crippen molar-refractivity contribution in [2.45, 2.75) is 30.7 Å². The number of amides is 1. The van der Waals surface area contributed by atoms with Gasteiger partial charge in [0, 0.05) is 25.0 Å². The minimum absolute atomic E-state index is 0. The molecule has 0 fully saturated rings. The van der Waals surface area contributed by atoms with Gasteiger partial charge >= 0.3 is 0 Å². The highest BCUT2D eigenvalue weighted by Gasteiger charge is 2.21. The molecule has 23 heavy (non-hydrogen) atoms. The van der Waals surface area contributed by atoms with E-state index in [1.165, 1.54) is 12.1 Å². The molecule has 0 atom stereocenters. The van der Waals surface area contributed by atoms with Crippen LogP contribution in [-0.4, -0.2) is 33.0 Å². The Hall–Kier alpha value is -0.570. The lowest BCUT2D eigenvalue weighted by Gasteiger charge is -2.18. The van der Waals surface area contributed by atoms with Gasteiger partial charge in [-0.05, 0) is 26.0 Å². The molecule has 1 rings (SSSR count). The Morgan fingerprint density at radius 2 is 1.78 bits per heavy atom. The molecular weight excluding hydrogens is 385 g/mol. The van der Waals surface area contributed by atoms with E-state index in [1.807, 2.05) is 0 Å². The van der Waals surface area contributed by atoms with E-state index in [0.29, 0.717) is 6.54 Å². The van der Waals surface area contributed by atoms with Gasteiger partial charge in [0.05, 0.1) is 10.0 Å². The standard InChI is InChI=1S/C13H19Cl2N3O3S.ClH/c1-13(2,16)8-17-11(19)6-7-18-22(20,21)12-9(14)4-3-5-10(12)15;/h3-5,18H,6-8,16H2,1-2H3,(H,17,19);1H. The van der Waals surface area contributed by atoms with Crippen molar-refractivity contribution < 1.29 is 13.2 Å². The molecule has 0 aliphatic carbocycles. The average Bonchev–Trinajstić information content (AvgIpc) is 2.34. The van der Waals surface area contributed by atoms with Crippen LogP contribution < -0.4 is 15.8 Å². The summed E-state index contributed by atoms with van der Waals surface area (Å²) in [7, 11) is -3.88. The number of rotatable bonds is 7. The molecule has 0 spiro atoms. The molecule has 1 aromatic rings. The molecule has 0 heterocycles. The fourth-order valence-corrected chi connectivity index (χ4v) is 3.70. The number of benzene rings is 1. The topological polar surface area (TPSA) is 101 Å². The van der Waals surface area contributed by atoms with Gasteiger partial charge in [-0.3, -0.25) is 4.79 Å². The zero-order valence-electron chi connectivity index (χ0n) is 12.7. The van der Waals surface area contributed by atoms with Crippen molar-refractivity contribution in [3.8, 4) is 0 Å². The van der Waals surface area contributed by atoms with Crippen molar-refractivity contribution in [1.29, 1.82) is 0 Å². The molecule has 132 valence electrons. The summed E-state index contributed by atoms with van der Waals surface area (Å²) in [6.45, 7) is 3.78. The van der Waals surface area contributed by atoms with Crippen LogP contribution in [0.3, 0.4) is 0 Å². The molecule has 0 aliphatic rings. The third-order valence-electron chi connectivity index (χ3n) is 2.57. The molecule has 1 aromatic carbocycles. The average molecular weight is 405 g/mol. The Balaban J connectivity index is 0.00000484. The smallest absolute Gasteiger partial charge is 0.243 e. The second kappa shape index (κ2) is 9.05. The highest BCUT2D eigenvalue weighted by atomic mass is 35.5. The number of nitrogens with one attached hydrogen (secondary N) is 2. The first kappa shape index (κ1) is 22.4. The molecule has 0 bridgehead atoms. The second-order valence-corrected chi connectivity index (χ2v) is 7.98. The Kier molecular flexibility index (Phi) is 8.83. The Bertz CT molecular complexity index is 625. The molecule has 0 saturated heterocycles. The van der Waals surface area contributed by atoms with Crippen LogP contribution in [0.4, 0.5) is 0 Å². The quantitative estimate of drug-likeness (QED) is 0.646. The molecule has 10 heteroatoms. The first-order valence-electron chi connectivity index (χ1n) is 6.52. The lowest BCUT2D eigenvalue weighted by atomic mass is 10.1. The van der Waals surface area contributed by atoms with Crippen LogP contribution in [0.25, 0.3) is 0 Å². The van der Waals surface area contributed by atoms with Gasteiger partial charge in [-0.1, -0.05) is 29.3 Å². The van der Waals surface area contributed by atoms with Crippen LogP contribution >= 0.6 is 35.6 Å². The van der Waals surface area contributed by atoms with Crippen LogP contribution in [0.15, 0.2) is 23.1 Å². The Labute approximate surface area is 152 Å². The first-order chi connectivity index (χ1) is 10.0. The summed E-state index contributed by atoms with van der Waals surface area (Å²) in [6, 6.07) is 4.40. The lowest BCUT2D eigenvalue weighted by Crippen LogP contribution is -2.45. The number of hydrogen-bond acceptors (Lipinski definition) is 4. The van der Waals surface area contributed by atoms with E-state index in [1.54, 1.807) is 19.9 Å². The highest BCUT2D eigenvalue weighted by molar-refractivity contribution is 7.89. The van der Waals surface area contributed by atoms with E-state index in [-0.39, 0.29) is 46.2 Å². The normalized spacial score (nSPS) is 11.7. The Morgan fingerprint density at radius 3 is 2.26 bits per heavy atom. The first-order valence-corrected chi connectivity index (χ1v) is 8.76. The summed E-state index contributed by atoms with van der Waals surface area (Å²) in [5.74, 6) is -0.300. The van der Waals surface area contributed by atoms with Crippen molar-refractivity contribution in [2.75, 3.05) is 13.1 Å². The lowest BCUT2D eigenvalue weighted by molar-refractivity contribution is -0.121. The fraction of sp³-hybridized carbons (Fsp3) is 0.462.